The Morgan fingerprint density at radius 1 is 0.652 bits per heavy atom. The van der Waals surface area contributed by atoms with E-state index in [4.69, 9.17) is 0 Å². The monoisotopic (exact) mass is 324 g/mol. The van der Waals surface area contributed by atoms with Crippen LogP contribution in [-0.2, 0) is 0 Å². The normalized spacial score (nSPS) is 23.1. The second kappa shape index (κ2) is 14.3. The van der Waals surface area contributed by atoms with Crippen LogP contribution in [0.3, 0.4) is 0 Å². The van der Waals surface area contributed by atoms with Crippen LogP contribution in [-0.4, -0.2) is 11.2 Å². The first kappa shape index (κ1) is 21.0. The highest BCUT2D eigenvalue weighted by Crippen LogP contribution is 2.34. The molecule has 1 aliphatic rings. The lowest BCUT2D eigenvalue weighted by molar-refractivity contribution is 0.145. The van der Waals surface area contributed by atoms with Gasteiger partial charge in [-0.15, -0.1) is 0 Å². The van der Waals surface area contributed by atoms with E-state index in [1.807, 2.05) is 0 Å². The third-order valence-electron chi connectivity index (χ3n) is 5.95. The minimum absolute atomic E-state index is 0.0264. The lowest BCUT2D eigenvalue weighted by atomic mass is 9.78. The fraction of sp³-hybridized carbons (Fsp3) is 1.00. The smallest absolute Gasteiger partial charge is 0.0540 e. The number of aliphatic hydroxyl groups is 1. The van der Waals surface area contributed by atoms with Gasteiger partial charge < -0.3 is 5.11 Å². The third kappa shape index (κ3) is 11.2. The maximum atomic E-state index is 10.1. The van der Waals surface area contributed by atoms with Crippen molar-refractivity contribution in [3.63, 3.8) is 0 Å². The first-order valence-corrected chi connectivity index (χ1v) is 10.9. The molecule has 0 bridgehead atoms. The van der Waals surface area contributed by atoms with Crippen LogP contribution in [0.15, 0.2) is 0 Å². The van der Waals surface area contributed by atoms with Gasteiger partial charge in [0.05, 0.1) is 6.10 Å². The average Bonchev–Trinajstić information content (AvgIpc) is 2.56. The van der Waals surface area contributed by atoms with Crippen molar-refractivity contribution in [1.29, 1.82) is 0 Å². The minimum atomic E-state index is -0.0264. The van der Waals surface area contributed by atoms with Gasteiger partial charge in [-0.3, -0.25) is 0 Å². The predicted molar refractivity (Wildman–Crippen MR) is 103 cm³/mol. The molecule has 1 nitrogen and oxygen atoms in total. The van der Waals surface area contributed by atoms with Gasteiger partial charge in [0, 0.05) is 0 Å². The quantitative estimate of drug-likeness (QED) is 0.333. The van der Waals surface area contributed by atoms with Crippen LogP contribution in [0, 0.1) is 11.8 Å². The molecule has 0 aromatic rings. The van der Waals surface area contributed by atoms with Crippen LogP contribution in [0.2, 0.25) is 0 Å². The molecule has 138 valence electrons. The average molecular weight is 325 g/mol. The first-order valence-electron chi connectivity index (χ1n) is 10.9. The van der Waals surface area contributed by atoms with Gasteiger partial charge in [-0.05, 0) is 24.7 Å². The number of rotatable bonds is 14. The SMILES string of the molecule is CCCCCCCCC(O)CCCCC1CCC(CCC)CC1. The van der Waals surface area contributed by atoms with Crippen LogP contribution < -0.4 is 0 Å². The Morgan fingerprint density at radius 2 is 1.17 bits per heavy atom. The fourth-order valence-corrected chi connectivity index (χ4v) is 4.33. The van der Waals surface area contributed by atoms with E-state index in [0.717, 1.165) is 24.7 Å². The summed E-state index contributed by atoms with van der Waals surface area (Å²) in [4.78, 5) is 0. The molecule has 0 heterocycles. The van der Waals surface area contributed by atoms with Gasteiger partial charge in [-0.1, -0.05) is 110 Å². The zero-order valence-electron chi connectivity index (χ0n) is 16.2. The van der Waals surface area contributed by atoms with Gasteiger partial charge in [0.25, 0.3) is 0 Å². The number of hydrogen-bond donors (Lipinski definition) is 1. The van der Waals surface area contributed by atoms with Crippen LogP contribution in [0.4, 0.5) is 0 Å². The molecular formula is C22H44O. The topological polar surface area (TPSA) is 20.2 Å². The Bertz CT molecular complexity index is 242. The van der Waals surface area contributed by atoms with Crippen molar-refractivity contribution in [2.45, 2.75) is 129 Å². The van der Waals surface area contributed by atoms with E-state index in [0.29, 0.717) is 0 Å². The summed E-state index contributed by atoms with van der Waals surface area (Å²) >= 11 is 0. The molecule has 0 aromatic heterocycles. The molecule has 1 rings (SSSR count). The summed E-state index contributed by atoms with van der Waals surface area (Å²) in [5.41, 5.74) is 0. The number of hydrogen-bond acceptors (Lipinski definition) is 1. The van der Waals surface area contributed by atoms with Crippen LogP contribution in [0.5, 0.6) is 0 Å². The van der Waals surface area contributed by atoms with E-state index in [1.165, 1.54) is 96.3 Å². The van der Waals surface area contributed by atoms with Crippen molar-refractivity contribution in [3.8, 4) is 0 Å². The highest BCUT2D eigenvalue weighted by molar-refractivity contribution is 4.72. The van der Waals surface area contributed by atoms with E-state index in [2.05, 4.69) is 13.8 Å². The van der Waals surface area contributed by atoms with E-state index in [1.54, 1.807) is 0 Å². The summed E-state index contributed by atoms with van der Waals surface area (Å²) in [5, 5.41) is 10.1. The molecule has 1 aliphatic carbocycles. The molecule has 1 fully saturated rings. The van der Waals surface area contributed by atoms with E-state index in [9.17, 15) is 5.11 Å². The molecule has 23 heavy (non-hydrogen) atoms. The molecule has 1 atom stereocenters. The molecule has 0 aliphatic heterocycles. The molecule has 0 saturated heterocycles. The van der Waals surface area contributed by atoms with Gasteiger partial charge in [0.1, 0.15) is 0 Å². The number of aliphatic hydroxyl groups excluding tert-OH is 1. The summed E-state index contributed by atoms with van der Waals surface area (Å²) in [5.74, 6) is 2.04. The Labute approximate surface area is 146 Å². The van der Waals surface area contributed by atoms with Crippen LogP contribution in [0.25, 0.3) is 0 Å². The highest BCUT2D eigenvalue weighted by atomic mass is 16.3. The largest absolute Gasteiger partial charge is 0.393 e. The Morgan fingerprint density at radius 3 is 1.78 bits per heavy atom. The second-order valence-electron chi connectivity index (χ2n) is 8.17. The van der Waals surface area contributed by atoms with Gasteiger partial charge in [0.2, 0.25) is 0 Å². The summed E-state index contributed by atoms with van der Waals surface area (Å²) in [6, 6.07) is 0. The first-order chi connectivity index (χ1) is 11.3. The van der Waals surface area contributed by atoms with E-state index in [-0.39, 0.29) is 6.10 Å². The van der Waals surface area contributed by atoms with Gasteiger partial charge in [-0.2, -0.15) is 0 Å². The Hall–Kier alpha value is -0.0400. The van der Waals surface area contributed by atoms with Crippen molar-refractivity contribution in [2.24, 2.45) is 11.8 Å². The molecule has 1 unspecified atom stereocenters. The van der Waals surface area contributed by atoms with Gasteiger partial charge in [-0.25, -0.2) is 0 Å². The zero-order valence-corrected chi connectivity index (χ0v) is 16.2. The molecule has 0 amide bonds. The maximum absolute atomic E-state index is 10.1. The lowest BCUT2D eigenvalue weighted by Crippen LogP contribution is -2.14. The molecule has 1 saturated carbocycles. The van der Waals surface area contributed by atoms with Crippen molar-refractivity contribution < 1.29 is 5.11 Å². The van der Waals surface area contributed by atoms with Crippen molar-refractivity contribution in [3.05, 3.63) is 0 Å². The minimum Gasteiger partial charge on any atom is -0.393 e. The van der Waals surface area contributed by atoms with Crippen LogP contribution >= 0.6 is 0 Å². The molecule has 0 aromatic carbocycles. The summed E-state index contributed by atoms with van der Waals surface area (Å²) < 4.78 is 0. The van der Waals surface area contributed by atoms with Crippen molar-refractivity contribution in [2.75, 3.05) is 0 Å². The summed E-state index contributed by atoms with van der Waals surface area (Å²) in [7, 11) is 0. The molecule has 1 N–H and O–H groups in total. The molecular weight excluding hydrogens is 280 g/mol. The van der Waals surface area contributed by atoms with Gasteiger partial charge >= 0.3 is 0 Å². The summed E-state index contributed by atoms with van der Waals surface area (Å²) in [6.07, 6.45) is 22.8. The lowest BCUT2D eigenvalue weighted by Gasteiger charge is -2.28. The summed E-state index contributed by atoms with van der Waals surface area (Å²) in [6.45, 7) is 4.59. The molecule has 1 heteroatoms. The predicted octanol–water partition coefficient (Wildman–Crippen LogP) is 7.26. The zero-order chi connectivity index (χ0) is 16.8. The van der Waals surface area contributed by atoms with Gasteiger partial charge in [0.15, 0.2) is 0 Å². The fourth-order valence-electron chi connectivity index (χ4n) is 4.33. The Kier molecular flexibility index (Phi) is 13.1. The van der Waals surface area contributed by atoms with Crippen LogP contribution in [0.1, 0.15) is 123 Å². The van der Waals surface area contributed by atoms with E-state index < -0.39 is 0 Å². The second-order valence-corrected chi connectivity index (χ2v) is 8.17. The van der Waals surface area contributed by atoms with Crippen molar-refractivity contribution >= 4 is 0 Å². The Balaban J connectivity index is 1.88. The standard InChI is InChI=1S/C22H44O/c1-3-5-6-7-8-9-14-22(23)15-11-10-13-21-18-16-20(12-4-2)17-19-21/h20-23H,3-19H2,1-2H3. The highest BCUT2D eigenvalue weighted by Gasteiger charge is 2.20. The van der Waals surface area contributed by atoms with E-state index >= 15 is 0 Å². The number of unbranched alkanes of at least 4 members (excludes halogenated alkanes) is 6. The molecule has 0 spiro atoms. The third-order valence-corrected chi connectivity index (χ3v) is 5.95. The molecule has 0 radical (unpaired) electrons. The van der Waals surface area contributed by atoms with Crippen molar-refractivity contribution in [1.82, 2.24) is 0 Å². The maximum Gasteiger partial charge on any atom is 0.0540 e.